The van der Waals surface area contributed by atoms with Gasteiger partial charge < -0.3 is 25.8 Å². The Morgan fingerprint density at radius 3 is 2.06 bits per heavy atom. The molecule has 0 aromatic carbocycles. The lowest BCUT2D eigenvalue weighted by molar-refractivity contribution is -0.157. The Bertz CT molecular complexity index is 196. The minimum atomic E-state index is -1.28. The van der Waals surface area contributed by atoms with E-state index in [9.17, 15) is 15.3 Å². The summed E-state index contributed by atoms with van der Waals surface area (Å²) in [5, 5.41) is 27.9. The first-order valence-electron chi connectivity index (χ1n) is 4.93. The van der Waals surface area contributed by atoms with Crippen molar-refractivity contribution in [2.45, 2.75) is 49.2 Å². The largest absolute Gasteiger partial charge is 0.391 e. The van der Waals surface area contributed by atoms with Crippen LogP contribution in [0.25, 0.3) is 0 Å². The Morgan fingerprint density at radius 1 is 1.25 bits per heavy atom. The Kier molecular flexibility index (Phi) is 7.92. The van der Waals surface area contributed by atoms with Crippen LogP contribution in [-0.2, 0) is 4.74 Å². The van der Waals surface area contributed by atoms with Crippen molar-refractivity contribution in [3.8, 4) is 0 Å². The van der Waals surface area contributed by atoms with Crippen molar-refractivity contribution in [3.05, 3.63) is 0 Å². The summed E-state index contributed by atoms with van der Waals surface area (Å²) < 4.78 is 5.14. The number of halogens is 1. The monoisotopic (exact) mass is 273 g/mol. The zero-order valence-corrected chi connectivity index (χ0v) is 11.1. The molecule has 7 heteroatoms. The lowest BCUT2D eigenvalue weighted by Crippen LogP contribution is -2.47. The Hall–Kier alpha value is 0.440. The summed E-state index contributed by atoms with van der Waals surface area (Å²) >= 11 is 6.88. The highest BCUT2D eigenvalue weighted by Gasteiger charge is 2.29. The second-order valence-corrected chi connectivity index (χ2v) is 5.24. The van der Waals surface area contributed by atoms with Gasteiger partial charge in [-0.3, -0.25) is 0 Å². The fraction of sp³-hybridized carbons (Fsp3) is 1.00. The molecule has 0 rings (SSSR count). The van der Waals surface area contributed by atoms with Gasteiger partial charge in [0.1, 0.15) is 11.5 Å². The van der Waals surface area contributed by atoms with E-state index in [2.05, 4.69) is 0 Å². The lowest BCUT2D eigenvalue weighted by atomic mass is 10.2. The molecule has 0 aromatic rings. The SMILES string of the molecule is CSC(O[C@@H](O)C(N)C(C)Cl)C(O)C(C)O. The van der Waals surface area contributed by atoms with Crippen LogP contribution in [0.1, 0.15) is 13.8 Å². The second kappa shape index (κ2) is 7.71. The van der Waals surface area contributed by atoms with E-state index in [4.69, 9.17) is 22.1 Å². The standard InChI is InChI=1S/C9H20ClNO4S/c1-4(10)6(11)8(14)15-9(16-3)7(13)5(2)12/h4-9,12-14H,11H2,1-3H3/t4?,5?,6?,7?,8-,9?/m1/s1. The number of aliphatic hydroxyl groups is 3. The van der Waals surface area contributed by atoms with Gasteiger partial charge in [0.05, 0.1) is 17.5 Å². The van der Waals surface area contributed by atoms with Crippen LogP contribution in [0.3, 0.4) is 0 Å². The van der Waals surface area contributed by atoms with Crippen LogP contribution >= 0.6 is 23.4 Å². The second-order valence-electron chi connectivity index (χ2n) is 3.62. The molecule has 0 saturated carbocycles. The van der Waals surface area contributed by atoms with Gasteiger partial charge >= 0.3 is 0 Å². The highest BCUT2D eigenvalue weighted by Crippen LogP contribution is 2.19. The number of thioether (sulfide) groups is 1. The van der Waals surface area contributed by atoms with E-state index in [0.717, 1.165) is 0 Å². The van der Waals surface area contributed by atoms with Gasteiger partial charge in [0.25, 0.3) is 0 Å². The average Bonchev–Trinajstić information content (AvgIpc) is 2.22. The first kappa shape index (κ1) is 16.4. The van der Waals surface area contributed by atoms with E-state index in [1.807, 2.05) is 0 Å². The first-order valence-corrected chi connectivity index (χ1v) is 6.65. The van der Waals surface area contributed by atoms with E-state index in [1.54, 1.807) is 13.2 Å². The predicted molar refractivity (Wildman–Crippen MR) is 65.4 cm³/mol. The molecule has 0 radical (unpaired) electrons. The summed E-state index contributed by atoms with van der Waals surface area (Å²) in [6.07, 6.45) is -1.63. The van der Waals surface area contributed by atoms with Crippen LogP contribution in [0, 0.1) is 0 Å². The summed E-state index contributed by atoms with van der Waals surface area (Å²) in [7, 11) is 0. The quantitative estimate of drug-likeness (QED) is 0.376. The molecule has 0 fully saturated rings. The molecule has 0 aromatic heterocycles. The molecule has 16 heavy (non-hydrogen) atoms. The van der Waals surface area contributed by atoms with Crippen LogP contribution in [-0.4, -0.2) is 56.9 Å². The van der Waals surface area contributed by atoms with Gasteiger partial charge in [0.2, 0.25) is 0 Å². The maximum atomic E-state index is 9.58. The molecule has 5 nitrogen and oxygen atoms in total. The molecule has 0 aliphatic carbocycles. The Balaban J connectivity index is 4.32. The zero-order valence-electron chi connectivity index (χ0n) is 9.58. The third kappa shape index (κ3) is 5.18. The molecule has 98 valence electrons. The van der Waals surface area contributed by atoms with Crippen molar-refractivity contribution in [1.29, 1.82) is 0 Å². The smallest absolute Gasteiger partial charge is 0.172 e. The number of hydrogen-bond donors (Lipinski definition) is 4. The molecule has 0 amide bonds. The number of nitrogens with two attached hydrogens (primary N) is 1. The van der Waals surface area contributed by atoms with Crippen LogP contribution in [0.5, 0.6) is 0 Å². The predicted octanol–water partition coefficient (Wildman–Crippen LogP) is -0.293. The number of rotatable bonds is 7. The summed E-state index contributed by atoms with van der Waals surface area (Å²) in [4.78, 5) is 0. The summed E-state index contributed by atoms with van der Waals surface area (Å²) in [5.74, 6) is 0. The Labute approximate surface area is 105 Å². The molecule has 5 unspecified atom stereocenters. The highest BCUT2D eigenvalue weighted by molar-refractivity contribution is 7.99. The third-order valence-corrected chi connectivity index (χ3v) is 3.28. The van der Waals surface area contributed by atoms with Crippen LogP contribution in [0.2, 0.25) is 0 Å². The topological polar surface area (TPSA) is 95.9 Å². The van der Waals surface area contributed by atoms with Gasteiger partial charge in [-0.15, -0.1) is 23.4 Å². The molecule has 0 heterocycles. The summed E-state index contributed by atoms with van der Waals surface area (Å²) in [5.41, 5.74) is 4.83. The number of ether oxygens (including phenoxy) is 1. The van der Waals surface area contributed by atoms with E-state index in [0.29, 0.717) is 0 Å². The molecule has 6 atom stereocenters. The molecular weight excluding hydrogens is 254 g/mol. The van der Waals surface area contributed by atoms with Crippen LogP contribution in [0.15, 0.2) is 0 Å². The molecular formula is C9H20ClNO4S. The van der Waals surface area contributed by atoms with Gasteiger partial charge in [-0.05, 0) is 20.1 Å². The van der Waals surface area contributed by atoms with E-state index >= 15 is 0 Å². The number of alkyl halides is 1. The van der Waals surface area contributed by atoms with Crippen LogP contribution in [0.4, 0.5) is 0 Å². The fourth-order valence-corrected chi connectivity index (χ4v) is 1.81. The van der Waals surface area contributed by atoms with Gasteiger partial charge in [0, 0.05) is 0 Å². The van der Waals surface area contributed by atoms with E-state index in [1.165, 1.54) is 18.7 Å². The molecule has 0 spiro atoms. The molecule has 0 bridgehead atoms. The molecule has 0 aliphatic rings. The highest BCUT2D eigenvalue weighted by atomic mass is 35.5. The van der Waals surface area contributed by atoms with Crippen molar-refractivity contribution in [2.24, 2.45) is 5.73 Å². The maximum absolute atomic E-state index is 9.58. The Morgan fingerprint density at radius 2 is 1.75 bits per heavy atom. The molecule has 0 saturated heterocycles. The fourth-order valence-electron chi connectivity index (χ4n) is 0.958. The van der Waals surface area contributed by atoms with Crippen molar-refractivity contribution in [2.75, 3.05) is 6.26 Å². The third-order valence-electron chi connectivity index (χ3n) is 2.14. The van der Waals surface area contributed by atoms with Gasteiger partial charge in [-0.2, -0.15) is 0 Å². The lowest BCUT2D eigenvalue weighted by Gasteiger charge is -2.29. The van der Waals surface area contributed by atoms with E-state index < -0.39 is 35.4 Å². The molecule has 0 aliphatic heterocycles. The van der Waals surface area contributed by atoms with Crippen molar-refractivity contribution in [3.63, 3.8) is 0 Å². The van der Waals surface area contributed by atoms with Gasteiger partial charge in [0.15, 0.2) is 6.29 Å². The van der Waals surface area contributed by atoms with E-state index in [-0.39, 0.29) is 0 Å². The minimum Gasteiger partial charge on any atom is -0.391 e. The minimum absolute atomic E-state index is 0.457. The van der Waals surface area contributed by atoms with Gasteiger partial charge in [-0.25, -0.2) is 0 Å². The summed E-state index contributed by atoms with van der Waals surface area (Å²) in [6.45, 7) is 3.08. The van der Waals surface area contributed by atoms with Crippen LogP contribution < -0.4 is 5.73 Å². The zero-order chi connectivity index (χ0) is 12.9. The average molecular weight is 274 g/mol. The van der Waals surface area contributed by atoms with Gasteiger partial charge in [-0.1, -0.05) is 0 Å². The first-order chi connectivity index (χ1) is 7.31. The number of aliphatic hydroxyl groups excluding tert-OH is 3. The number of hydrogen-bond acceptors (Lipinski definition) is 6. The summed E-state index contributed by atoms with van der Waals surface area (Å²) in [6, 6.07) is -0.752. The maximum Gasteiger partial charge on any atom is 0.172 e. The van der Waals surface area contributed by atoms with Crippen molar-refractivity contribution >= 4 is 23.4 Å². The van der Waals surface area contributed by atoms with Crippen molar-refractivity contribution < 1.29 is 20.1 Å². The van der Waals surface area contributed by atoms with Crippen molar-refractivity contribution in [1.82, 2.24) is 0 Å². The molecule has 5 N–H and O–H groups in total. The normalized spacial score (nSPS) is 23.2.